The Hall–Kier alpha value is -2.10. The molecule has 2 aromatic rings. The summed E-state index contributed by atoms with van der Waals surface area (Å²) in [6, 6.07) is 5.99. The van der Waals surface area contributed by atoms with Crippen LogP contribution in [0.2, 0.25) is 0 Å². The van der Waals surface area contributed by atoms with E-state index in [1.165, 1.54) is 18.2 Å². The first kappa shape index (κ1) is 12.4. The minimum atomic E-state index is -0.644. The van der Waals surface area contributed by atoms with Gasteiger partial charge in [0.15, 0.2) is 5.78 Å². The molecule has 0 aliphatic carbocycles. The Morgan fingerprint density at radius 1 is 1.33 bits per heavy atom. The first-order chi connectivity index (χ1) is 8.61. The molecule has 0 saturated heterocycles. The monoisotopic (exact) mass is 246 g/mol. The molecule has 0 bridgehead atoms. The average molecular weight is 246 g/mol. The van der Waals surface area contributed by atoms with Gasteiger partial charge in [-0.2, -0.15) is 0 Å². The van der Waals surface area contributed by atoms with E-state index in [0.717, 1.165) is 12.8 Å². The van der Waals surface area contributed by atoms with Crippen molar-refractivity contribution in [2.24, 2.45) is 0 Å². The maximum atomic E-state index is 11.8. The molecule has 18 heavy (non-hydrogen) atoms. The Balaban J connectivity index is 2.46. The van der Waals surface area contributed by atoms with Crippen LogP contribution in [-0.4, -0.2) is 10.9 Å². The second kappa shape index (κ2) is 5.04. The fraction of sp³-hybridized carbons (Fsp3) is 0.286. The molecule has 0 atom stereocenters. The van der Waals surface area contributed by atoms with Crippen LogP contribution < -0.4 is 5.63 Å². The Kier molecular flexibility index (Phi) is 3.46. The van der Waals surface area contributed by atoms with E-state index in [0.29, 0.717) is 11.8 Å². The van der Waals surface area contributed by atoms with Crippen molar-refractivity contribution in [1.29, 1.82) is 0 Å². The van der Waals surface area contributed by atoms with E-state index in [1.807, 2.05) is 6.92 Å². The lowest BCUT2D eigenvalue weighted by Crippen LogP contribution is -2.13. The molecule has 1 N–H and O–H groups in total. The number of Topliss-reactive ketones (excluding diaryl/α,β-unsaturated/α-hetero) is 1. The average Bonchev–Trinajstić information content (AvgIpc) is 2.35. The van der Waals surface area contributed by atoms with Crippen molar-refractivity contribution in [2.45, 2.75) is 26.2 Å². The highest BCUT2D eigenvalue weighted by Gasteiger charge is 2.13. The van der Waals surface area contributed by atoms with Gasteiger partial charge in [0.2, 0.25) is 0 Å². The Bertz CT molecular complexity index is 640. The summed E-state index contributed by atoms with van der Waals surface area (Å²) in [6.07, 6.45) is 2.01. The molecule has 1 aromatic carbocycles. The number of fused-ring (bicyclic) bond motifs is 1. The Labute approximate surface area is 104 Å². The van der Waals surface area contributed by atoms with Gasteiger partial charge in [0, 0.05) is 17.9 Å². The van der Waals surface area contributed by atoms with E-state index in [1.54, 1.807) is 6.07 Å². The van der Waals surface area contributed by atoms with Crippen molar-refractivity contribution in [3.05, 3.63) is 40.2 Å². The lowest BCUT2D eigenvalue weighted by Gasteiger charge is -2.01. The van der Waals surface area contributed by atoms with Gasteiger partial charge >= 0.3 is 5.63 Å². The number of carbonyl (C=O) groups is 1. The first-order valence-electron chi connectivity index (χ1n) is 5.92. The number of hydrogen-bond donors (Lipinski definition) is 1. The molecule has 0 radical (unpaired) electrons. The van der Waals surface area contributed by atoms with Crippen LogP contribution in [-0.2, 0) is 0 Å². The number of aromatic hydroxyl groups is 1. The molecule has 1 aromatic heterocycles. The molecule has 2 rings (SSSR count). The van der Waals surface area contributed by atoms with Crippen LogP contribution in [0.15, 0.2) is 33.5 Å². The molecule has 0 amide bonds. The second-order valence-electron chi connectivity index (χ2n) is 4.20. The number of carbonyl (C=O) groups excluding carboxylic acids is 1. The van der Waals surface area contributed by atoms with Gasteiger partial charge in [0.1, 0.15) is 16.9 Å². The normalized spacial score (nSPS) is 10.7. The van der Waals surface area contributed by atoms with E-state index < -0.39 is 5.63 Å². The fourth-order valence-electron chi connectivity index (χ4n) is 1.77. The van der Waals surface area contributed by atoms with Gasteiger partial charge in [-0.15, -0.1) is 0 Å². The van der Waals surface area contributed by atoms with Gasteiger partial charge in [-0.1, -0.05) is 13.3 Å². The minimum absolute atomic E-state index is 0.0238. The molecule has 94 valence electrons. The summed E-state index contributed by atoms with van der Waals surface area (Å²) >= 11 is 0. The highest BCUT2D eigenvalue weighted by molar-refractivity contribution is 5.98. The van der Waals surface area contributed by atoms with Crippen molar-refractivity contribution in [1.82, 2.24) is 0 Å². The van der Waals surface area contributed by atoms with Crippen molar-refractivity contribution in [3.8, 4) is 5.75 Å². The number of ketones is 1. The zero-order valence-corrected chi connectivity index (χ0v) is 10.1. The lowest BCUT2D eigenvalue weighted by molar-refractivity contribution is 0.0976. The summed E-state index contributed by atoms with van der Waals surface area (Å²) in [5.74, 6) is -0.170. The smallest absolute Gasteiger partial charge is 0.347 e. The van der Waals surface area contributed by atoms with Crippen LogP contribution in [0.3, 0.4) is 0 Å². The molecule has 1 heterocycles. The number of phenols is 1. The number of benzene rings is 1. The fourth-order valence-corrected chi connectivity index (χ4v) is 1.77. The number of hydrogen-bond acceptors (Lipinski definition) is 4. The lowest BCUT2D eigenvalue weighted by atomic mass is 10.1. The Morgan fingerprint density at radius 3 is 2.83 bits per heavy atom. The maximum Gasteiger partial charge on any atom is 0.347 e. The number of rotatable bonds is 4. The van der Waals surface area contributed by atoms with Crippen LogP contribution in [0.1, 0.15) is 36.5 Å². The van der Waals surface area contributed by atoms with E-state index in [4.69, 9.17) is 4.42 Å². The van der Waals surface area contributed by atoms with Crippen molar-refractivity contribution in [3.63, 3.8) is 0 Å². The molecule has 0 aliphatic heterocycles. The molecular formula is C14H14O4. The number of phenolic OH excluding ortho intramolecular Hbond substituents is 1. The van der Waals surface area contributed by atoms with Crippen LogP contribution in [0.25, 0.3) is 11.0 Å². The van der Waals surface area contributed by atoms with E-state index in [9.17, 15) is 14.7 Å². The first-order valence-corrected chi connectivity index (χ1v) is 5.92. The molecule has 0 fully saturated rings. The predicted octanol–water partition coefficient (Wildman–Crippen LogP) is 2.87. The summed E-state index contributed by atoms with van der Waals surface area (Å²) in [7, 11) is 0. The van der Waals surface area contributed by atoms with Gasteiger partial charge in [-0.3, -0.25) is 4.79 Å². The maximum absolute atomic E-state index is 11.8. The summed E-state index contributed by atoms with van der Waals surface area (Å²) < 4.78 is 5.04. The molecule has 0 saturated carbocycles. The molecular weight excluding hydrogens is 232 g/mol. The van der Waals surface area contributed by atoms with Gasteiger partial charge in [0.25, 0.3) is 0 Å². The highest BCUT2D eigenvalue weighted by Crippen LogP contribution is 2.19. The summed E-state index contributed by atoms with van der Waals surface area (Å²) in [4.78, 5) is 23.5. The van der Waals surface area contributed by atoms with Crippen LogP contribution in [0, 0.1) is 0 Å². The van der Waals surface area contributed by atoms with Crippen molar-refractivity contribution >= 4 is 16.8 Å². The van der Waals surface area contributed by atoms with E-state index in [2.05, 4.69) is 0 Å². The van der Waals surface area contributed by atoms with Crippen molar-refractivity contribution < 1.29 is 14.3 Å². The van der Waals surface area contributed by atoms with Crippen LogP contribution in [0.5, 0.6) is 5.75 Å². The SMILES string of the molecule is CCCCC(=O)c1cc2ccc(O)cc2oc1=O. The topological polar surface area (TPSA) is 67.5 Å². The standard InChI is InChI=1S/C14H14O4/c1-2-3-4-12(16)11-7-9-5-6-10(15)8-13(9)18-14(11)17/h5-8,15H,2-4H2,1H3. The van der Waals surface area contributed by atoms with Gasteiger partial charge in [-0.05, 0) is 24.6 Å². The largest absolute Gasteiger partial charge is 0.508 e. The summed E-state index contributed by atoms with van der Waals surface area (Å²) in [5, 5.41) is 9.92. The highest BCUT2D eigenvalue weighted by atomic mass is 16.4. The molecule has 4 nitrogen and oxygen atoms in total. The van der Waals surface area contributed by atoms with Gasteiger partial charge < -0.3 is 9.52 Å². The number of unbranched alkanes of at least 4 members (excludes halogenated alkanes) is 1. The zero-order chi connectivity index (χ0) is 13.1. The van der Waals surface area contributed by atoms with Crippen LogP contribution >= 0.6 is 0 Å². The molecule has 4 heteroatoms. The van der Waals surface area contributed by atoms with E-state index in [-0.39, 0.29) is 22.7 Å². The summed E-state index contributed by atoms with van der Waals surface area (Å²) in [6.45, 7) is 1.99. The van der Waals surface area contributed by atoms with E-state index >= 15 is 0 Å². The minimum Gasteiger partial charge on any atom is -0.508 e. The quantitative estimate of drug-likeness (QED) is 0.665. The van der Waals surface area contributed by atoms with Gasteiger partial charge in [-0.25, -0.2) is 4.79 Å². The summed E-state index contributed by atoms with van der Waals surface area (Å²) in [5.41, 5.74) is -0.275. The Morgan fingerprint density at radius 2 is 2.11 bits per heavy atom. The van der Waals surface area contributed by atoms with Crippen LogP contribution in [0.4, 0.5) is 0 Å². The molecule has 0 unspecified atom stereocenters. The van der Waals surface area contributed by atoms with Gasteiger partial charge in [0.05, 0.1) is 0 Å². The van der Waals surface area contributed by atoms with Crippen molar-refractivity contribution in [2.75, 3.05) is 0 Å². The molecule has 0 aliphatic rings. The third kappa shape index (κ3) is 2.42. The third-order valence-electron chi connectivity index (χ3n) is 2.78. The second-order valence-corrected chi connectivity index (χ2v) is 4.20. The molecule has 0 spiro atoms. The third-order valence-corrected chi connectivity index (χ3v) is 2.78. The predicted molar refractivity (Wildman–Crippen MR) is 68.0 cm³/mol. The zero-order valence-electron chi connectivity index (χ0n) is 10.1.